The molecule has 1 fully saturated rings. The van der Waals surface area contributed by atoms with Gasteiger partial charge in [0, 0.05) is 43.2 Å². The van der Waals surface area contributed by atoms with Gasteiger partial charge in [-0.25, -0.2) is 4.39 Å². The predicted octanol–water partition coefficient (Wildman–Crippen LogP) is 2.53. The highest BCUT2D eigenvalue weighted by Crippen LogP contribution is 2.18. The van der Waals surface area contributed by atoms with Crippen LogP contribution in [0.1, 0.15) is 20.1 Å². The summed E-state index contributed by atoms with van der Waals surface area (Å²) in [7, 11) is 0. The summed E-state index contributed by atoms with van der Waals surface area (Å²) < 4.78 is 19.0. The van der Waals surface area contributed by atoms with Gasteiger partial charge < -0.3 is 14.7 Å². The normalized spacial score (nSPS) is 16.5. The average molecular weight is 392 g/mol. The van der Waals surface area contributed by atoms with E-state index in [-0.39, 0.29) is 24.9 Å². The van der Waals surface area contributed by atoms with Crippen LogP contribution in [0.3, 0.4) is 0 Å². The maximum absolute atomic E-state index is 13.5. The summed E-state index contributed by atoms with van der Waals surface area (Å²) in [5.41, 5.74) is 0.487. The average Bonchev–Trinajstić information content (AvgIpc) is 3.10. The molecule has 0 radical (unpaired) electrons. The minimum atomic E-state index is -0.640. The number of nitrogens with zero attached hydrogens (tertiary/aromatic N) is 2. The smallest absolute Gasteiger partial charge is 0.264 e. The van der Waals surface area contributed by atoms with Gasteiger partial charge in [-0.15, -0.1) is 11.3 Å². The highest BCUT2D eigenvalue weighted by molar-refractivity contribution is 7.13. The highest BCUT2D eigenvalue weighted by atomic mass is 32.1. The number of amides is 1. The summed E-state index contributed by atoms with van der Waals surface area (Å²) >= 11 is 1.52. The zero-order chi connectivity index (χ0) is 19.2. The fourth-order valence-corrected chi connectivity index (χ4v) is 3.95. The first kappa shape index (κ1) is 19.9. The van der Waals surface area contributed by atoms with E-state index < -0.39 is 6.10 Å². The van der Waals surface area contributed by atoms with Crippen LogP contribution in [0.2, 0.25) is 0 Å². The number of rotatable bonds is 7. The van der Waals surface area contributed by atoms with Gasteiger partial charge in [-0.05, 0) is 25.1 Å². The summed E-state index contributed by atoms with van der Waals surface area (Å²) in [6.07, 6.45) is -0.640. The lowest BCUT2D eigenvalue weighted by Crippen LogP contribution is -2.50. The van der Waals surface area contributed by atoms with Crippen LogP contribution in [0.5, 0.6) is 0 Å². The van der Waals surface area contributed by atoms with E-state index in [0.29, 0.717) is 25.2 Å². The maximum atomic E-state index is 13.5. The van der Waals surface area contributed by atoms with Crippen LogP contribution in [0.15, 0.2) is 36.4 Å². The number of aliphatic hydroxyl groups excluding tert-OH is 1. The number of carbonyl (C=O) groups excluding carboxylic acids is 1. The van der Waals surface area contributed by atoms with Crippen molar-refractivity contribution in [1.29, 1.82) is 0 Å². The van der Waals surface area contributed by atoms with Gasteiger partial charge in [-0.1, -0.05) is 18.2 Å². The van der Waals surface area contributed by atoms with Crippen molar-refractivity contribution in [2.45, 2.75) is 19.6 Å². The number of halogens is 1. The largest absolute Gasteiger partial charge is 0.389 e. The SMILES string of the molecule is Cc1ccc(C(=O)N2CCN(CC(O)COCc3ccccc3F)CC2)s1. The second-order valence-corrected chi connectivity index (χ2v) is 8.05. The molecule has 1 atom stereocenters. The van der Waals surface area contributed by atoms with Gasteiger partial charge in [0.25, 0.3) is 5.91 Å². The number of hydrogen-bond donors (Lipinski definition) is 1. The molecule has 1 aromatic carbocycles. The number of thiophene rings is 1. The van der Waals surface area contributed by atoms with E-state index in [4.69, 9.17) is 4.74 Å². The number of aryl methyl sites for hydroxylation is 1. The van der Waals surface area contributed by atoms with Crippen molar-refractivity contribution in [2.24, 2.45) is 0 Å². The molecule has 1 aromatic heterocycles. The first-order valence-electron chi connectivity index (χ1n) is 9.10. The van der Waals surface area contributed by atoms with Gasteiger partial charge >= 0.3 is 0 Å². The maximum Gasteiger partial charge on any atom is 0.264 e. The molecule has 1 saturated heterocycles. The summed E-state index contributed by atoms with van der Waals surface area (Å²) in [6, 6.07) is 10.3. The molecule has 2 heterocycles. The number of carbonyl (C=O) groups is 1. The van der Waals surface area contributed by atoms with E-state index in [2.05, 4.69) is 4.90 Å². The molecule has 1 unspecified atom stereocenters. The van der Waals surface area contributed by atoms with Crippen LogP contribution in [0.4, 0.5) is 4.39 Å². The van der Waals surface area contributed by atoms with Crippen molar-refractivity contribution in [2.75, 3.05) is 39.3 Å². The minimum absolute atomic E-state index is 0.0847. The molecule has 1 aliphatic heterocycles. The fraction of sp³-hybridized carbons (Fsp3) is 0.450. The third-order valence-corrected chi connectivity index (χ3v) is 5.59. The monoisotopic (exact) mass is 392 g/mol. The molecular weight excluding hydrogens is 367 g/mol. The van der Waals surface area contributed by atoms with E-state index >= 15 is 0 Å². The van der Waals surface area contributed by atoms with E-state index in [9.17, 15) is 14.3 Å². The first-order valence-corrected chi connectivity index (χ1v) is 9.92. The molecule has 2 aromatic rings. The number of β-amino-alcohol motifs (C(OH)–C–C–N with tert-alkyl or cyclic N) is 1. The summed E-state index contributed by atoms with van der Waals surface area (Å²) in [5, 5.41) is 10.2. The molecule has 7 heteroatoms. The molecule has 27 heavy (non-hydrogen) atoms. The van der Waals surface area contributed by atoms with Gasteiger partial charge in [0.2, 0.25) is 0 Å². The summed E-state index contributed by atoms with van der Waals surface area (Å²) in [6.45, 7) is 5.53. The Morgan fingerprint density at radius 2 is 1.96 bits per heavy atom. The Kier molecular flexibility index (Phi) is 6.95. The van der Waals surface area contributed by atoms with Crippen LogP contribution in [-0.2, 0) is 11.3 Å². The van der Waals surface area contributed by atoms with Crippen molar-refractivity contribution >= 4 is 17.2 Å². The van der Waals surface area contributed by atoms with Gasteiger partial charge in [-0.3, -0.25) is 9.69 Å². The van der Waals surface area contributed by atoms with Gasteiger partial charge in [0.15, 0.2) is 0 Å². The topological polar surface area (TPSA) is 53.0 Å². The Balaban J connectivity index is 1.37. The lowest BCUT2D eigenvalue weighted by atomic mass is 10.2. The summed E-state index contributed by atoms with van der Waals surface area (Å²) in [4.78, 5) is 18.4. The zero-order valence-electron chi connectivity index (χ0n) is 15.4. The number of hydrogen-bond acceptors (Lipinski definition) is 5. The third kappa shape index (κ3) is 5.59. The second kappa shape index (κ2) is 9.41. The number of benzene rings is 1. The van der Waals surface area contributed by atoms with Crippen LogP contribution in [0.25, 0.3) is 0 Å². The Morgan fingerprint density at radius 1 is 1.22 bits per heavy atom. The van der Waals surface area contributed by atoms with Crippen molar-refractivity contribution in [3.63, 3.8) is 0 Å². The number of piperazine rings is 1. The van der Waals surface area contributed by atoms with Crippen molar-refractivity contribution in [1.82, 2.24) is 9.80 Å². The van der Waals surface area contributed by atoms with Crippen LogP contribution in [-0.4, -0.2) is 66.2 Å². The first-order chi connectivity index (χ1) is 13.0. The van der Waals surface area contributed by atoms with Crippen LogP contribution >= 0.6 is 11.3 Å². The molecule has 0 spiro atoms. The van der Waals surface area contributed by atoms with Gasteiger partial charge in [0.1, 0.15) is 5.82 Å². The molecule has 0 saturated carbocycles. The molecule has 146 valence electrons. The number of aliphatic hydroxyl groups is 1. The van der Waals surface area contributed by atoms with E-state index in [0.717, 1.165) is 22.8 Å². The predicted molar refractivity (Wildman–Crippen MR) is 103 cm³/mol. The van der Waals surface area contributed by atoms with Crippen molar-refractivity contribution in [3.8, 4) is 0 Å². The highest BCUT2D eigenvalue weighted by Gasteiger charge is 2.24. The molecule has 0 bridgehead atoms. The lowest BCUT2D eigenvalue weighted by molar-refractivity contribution is 0.00147. The second-order valence-electron chi connectivity index (χ2n) is 6.76. The van der Waals surface area contributed by atoms with Gasteiger partial charge in [-0.2, -0.15) is 0 Å². The Morgan fingerprint density at radius 3 is 2.63 bits per heavy atom. The van der Waals surface area contributed by atoms with E-state index in [1.165, 1.54) is 17.4 Å². The van der Waals surface area contributed by atoms with Crippen molar-refractivity contribution in [3.05, 3.63) is 57.5 Å². The Hall–Kier alpha value is -1.80. The van der Waals surface area contributed by atoms with E-state index in [1.807, 2.05) is 24.0 Å². The van der Waals surface area contributed by atoms with Crippen molar-refractivity contribution < 1.29 is 19.0 Å². The molecule has 5 nitrogen and oxygen atoms in total. The molecule has 1 amide bonds. The minimum Gasteiger partial charge on any atom is -0.389 e. The summed E-state index contributed by atoms with van der Waals surface area (Å²) in [5.74, 6) is -0.213. The standard InChI is InChI=1S/C20H25FN2O3S/c1-15-6-7-19(27-15)20(25)23-10-8-22(9-11-23)12-17(24)14-26-13-16-4-2-3-5-18(16)21/h2-7,17,24H,8-14H2,1H3. The molecule has 1 aliphatic rings. The van der Waals surface area contributed by atoms with Crippen LogP contribution in [0, 0.1) is 12.7 Å². The molecule has 1 N–H and O–H groups in total. The number of ether oxygens (including phenoxy) is 1. The van der Waals surface area contributed by atoms with E-state index in [1.54, 1.807) is 18.2 Å². The lowest BCUT2D eigenvalue weighted by Gasteiger charge is -2.35. The zero-order valence-corrected chi connectivity index (χ0v) is 16.3. The Bertz CT molecular complexity index is 759. The quantitative estimate of drug-likeness (QED) is 0.787. The molecular formula is C20H25FN2O3S. The third-order valence-electron chi connectivity index (χ3n) is 4.61. The molecule has 3 rings (SSSR count). The fourth-order valence-electron chi connectivity index (χ4n) is 3.11. The van der Waals surface area contributed by atoms with Gasteiger partial charge in [0.05, 0.1) is 24.2 Å². The van der Waals surface area contributed by atoms with Crippen LogP contribution < -0.4 is 0 Å². The molecule has 0 aliphatic carbocycles. The Labute approximate surface area is 163 Å².